The molecular formula is C18H22N2O. The summed E-state index contributed by atoms with van der Waals surface area (Å²) in [6.07, 6.45) is 0. The van der Waals surface area contributed by atoms with E-state index in [4.69, 9.17) is 0 Å². The third-order valence-corrected chi connectivity index (χ3v) is 3.55. The lowest BCUT2D eigenvalue weighted by Crippen LogP contribution is -2.22. The average Bonchev–Trinajstić information content (AvgIpc) is 2.54. The van der Waals surface area contributed by atoms with E-state index in [1.54, 1.807) is 0 Å². The Kier molecular flexibility index (Phi) is 5.52. The highest BCUT2D eigenvalue weighted by Crippen LogP contribution is 2.11. The fourth-order valence-electron chi connectivity index (χ4n) is 2.19. The number of hydrogen-bond donors (Lipinski definition) is 1. The standard InChI is InChI=1S/C18H22N2O/c1-3-20(4-2)14-15-10-12-16(13-11-15)18(21)19-17-8-6-5-7-9-17/h5-13H,3-4,14H2,1-2H3,(H,19,21). The molecule has 0 atom stereocenters. The van der Waals surface area contributed by atoms with Crippen LogP contribution in [0.15, 0.2) is 54.6 Å². The Morgan fingerprint density at radius 1 is 0.952 bits per heavy atom. The average molecular weight is 282 g/mol. The van der Waals surface area contributed by atoms with E-state index < -0.39 is 0 Å². The zero-order chi connectivity index (χ0) is 15.1. The first kappa shape index (κ1) is 15.3. The van der Waals surface area contributed by atoms with Gasteiger partial charge in [-0.15, -0.1) is 0 Å². The summed E-state index contributed by atoms with van der Waals surface area (Å²) in [5.74, 6) is -0.0735. The first-order valence-corrected chi connectivity index (χ1v) is 7.40. The molecular weight excluding hydrogens is 260 g/mol. The van der Waals surface area contributed by atoms with Crippen molar-refractivity contribution in [2.75, 3.05) is 18.4 Å². The predicted molar refractivity (Wildman–Crippen MR) is 87.5 cm³/mol. The molecule has 0 bridgehead atoms. The third kappa shape index (κ3) is 4.43. The third-order valence-electron chi connectivity index (χ3n) is 3.55. The van der Waals surface area contributed by atoms with Gasteiger partial charge < -0.3 is 5.32 Å². The number of benzene rings is 2. The molecule has 0 unspecified atom stereocenters. The number of carbonyl (C=O) groups excluding carboxylic acids is 1. The number of amides is 1. The van der Waals surface area contributed by atoms with Crippen LogP contribution in [0.2, 0.25) is 0 Å². The second kappa shape index (κ2) is 7.60. The van der Waals surface area contributed by atoms with Gasteiger partial charge >= 0.3 is 0 Å². The lowest BCUT2D eigenvalue weighted by atomic mass is 10.1. The monoisotopic (exact) mass is 282 g/mol. The number of nitrogens with one attached hydrogen (secondary N) is 1. The molecule has 0 spiro atoms. The normalized spacial score (nSPS) is 10.6. The van der Waals surface area contributed by atoms with E-state index in [1.165, 1.54) is 5.56 Å². The van der Waals surface area contributed by atoms with Crippen molar-refractivity contribution in [1.82, 2.24) is 4.90 Å². The smallest absolute Gasteiger partial charge is 0.255 e. The van der Waals surface area contributed by atoms with Crippen LogP contribution in [0.1, 0.15) is 29.8 Å². The van der Waals surface area contributed by atoms with Gasteiger partial charge in [-0.3, -0.25) is 9.69 Å². The maximum atomic E-state index is 12.1. The fourth-order valence-corrected chi connectivity index (χ4v) is 2.19. The minimum Gasteiger partial charge on any atom is -0.322 e. The van der Waals surface area contributed by atoms with Crippen LogP contribution in [0.4, 0.5) is 5.69 Å². The van der Waals surface area contributed by atoms with Gasteiger partial charge in [-0.1, -0.05) is 44.2 Å². The van der Waals surface area contributed by atoms with Gasteiger partial charge in [0.05, 0.1) is 0 Å². The van der Waals surface area contributed by atoms with Crippen LogP contribution < -0.4 is 5.32 Å². The Balaban J connectivity index is 2.00. The predicted octanol–water partition coefficient (Wildman–Crippen LogP) is 3.78. The second-order valence-corrected chi connectivity index (χ2v) is 4.98. The summed E-state index contributed by atoms with van der Waals surface area (Å²) >= 11 is 0. The van der Waals surface area contributed by atoms with E-state index in [2.05, 4.69) is 24.1 Å². The molecule has 1 amide bonds. The minimum atomic E-state index is -0.0735. The Morgan fingerprint density at radius 2 is 1.57 bits per heavy atom. The lowest BCUT2D eigenvalue weighted by molar-refractivity contribution is 0.102. The van der Waals surface area contributed by atoms with Gasteiger partial charge in [0.15, 0.2) is 0 Å². The summed E-state index contributed by atoms with van der Waals surface area (Å²) in [4.78, 5) is 14.5. The van der Waals surface area contributed by atoms with Crippen molar-refractivity contribution >= 4 is 11.6 Å². The second-order valence-electron chi connectivity index (χ2n) is 4.98. The van der Waals surface area contributed by atoms with E-state index in [1.807, 2.05) is 54.6 Å². The van der Waals surface area contributed by atoms with E-state index >= 15 is 0 Å². The van der Waals surface area contributed by atoms with Gasteiger partial charge in [-0.05, 0) is 42.9 Å². The summed E-state index contributed by atoms with van der Waals surface area (Å²) in [7, 11) is 0. The zero-order valence-electron chi connectivity index (χ0n) is 12.7. The highest BCUT2D eigenvalue weighted by Gasteiger charge is 2.06. The van der Waals surface area contributed by atoms with Crippen LogP contribution in [0.5, 0.6) is 0 Å². The summed E-state index contributed by atoms with van der Waals surface area (Å²) in [5, 5.41) is 2.89. The van der Waals surface area contributed by atoms with E-state index in [-0.39, 0.29) is 5.91 Å². The number of para-hydroxylation sites is 1. The fraction of sp³-hybridized carbons (Fsp3) is 0.278. The van der Waals surface area contributed by atoms with Crippen molar-refractivity contribution in [3.05, 3.63) is 65.7 Å². The highest BCUT2D eigenvalue weighted by atomic mass is 16.1. The summed E-state index contributed by atoms with van der Waals surface area (Å²) in [5.41, 5.74) is 2.73. The first-order chi connectivity index (χ1) is 10.2. The van der Waals surface area contributed by atoms with Crippen LogP contribution in [0.25, 0.3) is 0 Å². The molecule has 2 aromatic rings. The Morgan fingerprint density at radius 3 is 2.14 bits per heavy atom. The van der Waals surface area contributed by atoms with Crippen molar-refractivity contribution in [2.45, 2.75) is 20.4 Å². The SMILES string of the molecule is CCN(CC)Cc1ccc(C(=O)Nc2ccccc2)cc1. The molecule has 2 aromatic carbocycles. The first-order valence-electron chi connectivity index (χ1n) is 7.40. The lowest BCUT2D eigenvalue weighted by Gasteiger charge is -2.18. The minimum absolute atomic E-state index is 0.0735. The number of carbonyl (C=O) groups is 1. The molecule has 2 rings (SSSR count). The number of rotatable bonds is 6. The van der Waals surface area contributed by atoms with Crippen molar-refractivity contribution in [3.8, 4) is 0 Å². The molecule has 3 heteroatoms. The van der Waals surface area contributed by atoms with Gasteiger partial charge in [0.2, 0.25) is 0 Å². The molecule has 0 aliphatic rings. The quantitative estimate of drug-likeness (QED) is 0.874. The Labute approximate surface area is 126 Å². The van der Waals surface area contributed by atoms with Gasteiger partial charge in [0.1, 0.15) is 0 Å². The molecule has 3 nitrogen and oxygen atoms in total. The summed E-state index contributed by atoms with van der Waals surface area (Å²) < 4.78 is 0. The molecule has 0 saturated heterocycles. The Hall–Kier alpha value is -2.13. The molecule has 0 aromatic heterocycles. The molecule has 110 valence electrons. The summed E-state index contributed by atoms with van der Waals surface area (Å²) in [6, 6.07) is 17.3. The number of anilines is 1. The van der Waals surface area contributed by atoms with Crippen LogP contribution in [0, 0.1) is 0 Å². The van der Waals surface area contributed by atoms with Crippen LogP contribution >= 0.6 is 0 Å². The largest absolute Gasteiger partial charge is 0.322 e. The van der Waals surface area contributed by atoms with Crippen molar-refractivity contribution in [3.63, 3.8) is 0 Å². The van der Waals surface area contributed by atoms with Gasteiger partial charge in [-0.25, -0.2) is 0 Å². The molecule has 0 aliphatic heterocycles. The number of nitrogens with zero attached hydrogens (tertiary/aromatic N) is 1. The highest BCUT2D eigenvalue weighted by molar-refractivity contribution is 6.04. The van der Waals surface area contributed by atoms with Crippen LogP contribution in [-0.4, -0.2) is 23.9 Å². The van der Waals surface area contributed by atoms with E-state index in [0.717, 1.165) is 25.3 Å². The van der Waals surface area contributed by atoms with Crippen molar-refractivity contribution in [2.24, 2.45) is 0 Å². The van der Waals surface area contributed by atoms with Gasteiger partial charge in [-0.2, -0.15) is 0 Å². The molecule has 0 aliphatic carbocycles. The maximum absolute atomic E-state index is 12.1. The molecule has 21 heavy (non-hydrogen) atoms. The van der Waals surface area contributed by atoms with Crippen molar-refractivity contribution < 1.29 is 4.79 Å². The van der Waals surface area contributed by atoms with Crippen LogP contribution in [-0.2, 0) is 6.54 Å². The molecule has 0 heterocycles. The maximum Gasteiger partial charge on any atom is 0.255 e. The number of hydrogen-bond acceptors (Lipinski definition) is 2. The van der Waals surface area contributed by atoms with E-state index in [0.29, 0.717) is 5.56 Å². The topological polar surface area (TPSA) is 32.3 Å². The molecule has 0 saturated carbocycles. The summed E-state index contributed by atoms with van der Waals surface area (Å²) in [6.45, 7) is 7.31. The van der Waals surface area contributed by atoms with Gasteiger partial charge in [0, 0.05) is 17.8 Å². The van der Waals surface area contributed by atoms with Gasteiger partial charge in [0.25, 0.3) is 5.91 Å². The molecule has 0 radical (unpaired) electrons. The molecule has 0 fully saturated rings. The van der Waals surface area contributed by atoms with Crippen LogP contribution in [0.3, 0.4) is 0 Å². The van der Waals surface area contributed by atoms with E-state index in [9.17, 15) is 4.79 Å². The Bertz CT molecular complexity index is 560. The zero-order valence-corrected chi connectivity index (χ0v) is 12.7. The van der Waals surface area contributed by atoms with Crippen molar-refractivity contribution in [1.29, 1.82) is 0 Å². The molecule has 1 N–H and O–H groups in total.